The SMILES string of the molecule is CC(=O)CC[C@@H]1C/C=C/c2cc3cc(ccc3cn2)[C@@H](C)NC(=O)[C@@H]2CCCN(N2)C(=O)[C@H](C)NC(=O)[C@H](C(C)C)OC1=O. The molecule has 1 saturated heterocycles. The van der Waals surface area contributed by atoms with E-state index < -0.39 is 41.9 Å². The smallest absolute Gasteiger partial charge is 0.310 e. The van der Waals surface area contributed by atoms with Gasteiger partial charge in [0.15, 0.2) is 6.10 Å². The minimum absolute atomic E-state index is 0.0450. The van der Waals surface area contributed by atoms with E-state index in [-0.39, 0.29) is 42.9 Å². The van der Waals surface area contributed by atoms with Crippen molar-refractivity contribution in [3.05, 3.63) is 47.8 Å². The van der Waals surface area contributed by atoms with Crippen LogP contribution in [0.25, 0.3) is 16.8 Å². The van der Waals surface area contributed by atoms with Crippen LogP contribution in [0.2, 0.25) is 0 Å². The van der Waals surface area contributed by atoms with Crippen LogP contribution in [-0.4, -0.2) is 64.2 Å². The van der Waals surface area contributed by atoms with E-state index in [4.69, 9.17) is 4.74 Å². The number of pyridine rings is 1. The molecule has 5 atom stereocenters. The van der Waals surface area contributed by atoms with E-state index in [0.29, 0.717) is 25.1 Å². The summed E-state index contributed by atoms with van der Waals surface area (Å²) >= 11 is 0. The second kappa shape index (κ2) is 14.6. The Morgan fingerprint density at radius 2 is 1.80 bits per heavy atom. The second-order valence-corrected chi connectivity index (χ2v) is 12.2. The number of cyclic esters (lactones) is 1. The zero-order chi connectivity index (χ0) is 32.0. The largest absolute Gasteiger partial charge is 0.452 e. The van der Waals surface area contributed by atoms with E-state index >= 15 is 0 Å². The van der Waals surface area contributed by atoms with Crippen LogP contribution in [-0.2, 0) is 28.7 Å². The van der Waals surface area contributed by atoms with Crippen molar-refractivity contribution in [1.82, 2.24) is 26.1 Å². The fourth-order valence-corrected chi connectivity index (χ4v) is 5.44. The third kappa shape index (κ3) is 8.28. The van der Waals surface area contributed by atoms with Crippen LogP contribution in [0.5, 0.6) is 0 Å². The number of benzene rings is 1. The summed E-state index contributed by atoms with van der Waals surface area (Å²) in [5.41, 5.74) is 4.64. The summed E-state index contributed by atoms with van der Waals surface area (Å²) in [7, 11) is 0. The molecule has 236 valence electrons. The minimum Gasteiger partial charge on any atom is -0.452 e. The molecular weight excluding hydrogens is 562 g/mol. The number of hydrogen-bond acceptors (Lipinski definition) is 8. The summed E-state index contributed by atoms with van der Waals surface area (Å²) in [5, 5.41) is 9.01. The molecule has 0 saturated carbocycles. The Balaban J connectivity index is 1.67. The molecule has 44 heavy (non-hydrogen) atoms. The number of Topliss-reactive ketones (excluding diaryl/α,β-unsaturated/α-hetero) is 1. The summed E-state index contributed by atoms with van der Waals surface area (Å²) in [5.74, 6) is -2.85. The average Bonchev–Trinajstić information content (AvgIpc) is 2.99. The molecule has 1 fully saturated rings. The normalized spacial score (nSPS) is 26.5. The number of esters is 1. The van der Waals surface area contributed by atoms with Crippen LogP contribution in [0.4, 0.5) is 0 Å². The lowest BCUT2D eigenvalue weighted by Gasteiger charge is -2.35. The number of hydrazine groups is 1. The van der Waals surface area contributed by atoms with Gasteiger partial charge in [-0.2, -0.15) is 0 Å². The highest BCUT2D eigenvalue weighted by atomic mass is 16.5. The van der Waals surface area contributed by atoms with Crippen LogP contribution in [0, 0.1) is 11.8 Å². The molecule has 3 heterocycles. The van der Waals surface area contributed by atoms with Gasteiger partial charge in [0.1, 0.15) is 17.9 Å². The van der Waals surface area contributed by atoms with Crippen molar-refractivity contribution >= 4 is 46.3 Å². The predicted molar refractivity (Wildman–Crippen MR) is 166 cm³/mol. The number of ketones is 1. The van der Waals surface area contributed by atoms with Gasteiger partial charge in [-0.05, 0) is 81.5 Å². The predicted octanol–water partition coefficient (Wildman–Crippen LogP) is 3.38. The lowest BCUT2D eigenvalue weighted by atomic mass is 9.97. The van der Waals surface area contributed by atoms with Crippen molar-refractivity contribution in [3.8, 4) is 0 Å². The Morgan fingerprint density at radius 3 is 2.52 bits per heavy atom. The van der Waals surface area contributed by atoms with Gasteiger partial charge in [-0.1, -0.05) is 32.1 Å². The Morgan fingerprint density at radius 1 is 1.05 bits per heavy atom. The number of ether oxygens (including phenoxy) is 1. The number of hydrogen-bond donors (Lipinski definition) is 3. The van der Waals surface area contributed by atoms with E-state index in [1.54, 1.807) is 27.0 Å². The maximum atomic E-state index is 13.3. The monoisotopic (exact) mass is 605 g/mol. The van der Waals surface area contributed by atoms with Gasteiger partial charge >= 0.3 is 5.97 Å². The van der Waals surface area contributed by atoms with Crippen LogP contribution < -0.4 is 16.1 Å². The number of aromatic nitrogens is 1. The Bertz CT molecular complexity index is 1440. The van der Waals surface area contributed by atoms with Crippen molar-refractivity contribution in [1.29, 1.82) is 0 Å². The van der Waals surface area contributed by atoms with Crippen molar-refractivity contribution in [2.75, 3.05) is 6.54 Å². The highest BCUT2D eigenvalue weighted by Crippen LogP contribution is 2.23. The van der Waals surface area contributed by atoms with E-state index in [2.05, 4.69) is 21.0 Å². The number of carbonyl (C=O) groups is 5. The summed E-state index contributed by atoms with van der Waals surface area (Å²) in [6, 6.07) is 6.02. The molecule has 1 aromatic carbocycles. The Labute approximate surface area is 258 Å². The van der Waals surface area contributed by atoms with Crippen molar-refractivity contribution in [3.63, 3.8) is 0 Å². The maximum absolute atomic E-state index is 13.3. The number of amides is 3. The molecule has 11 nitrogen and oxygen atoms in total. The first-order valence-corrected chi connectivity index (χ1v) is 15.4. The summed E-state index contributed by atoms with van der Waals surface area (Å²) in [4.78, 5) is 69.4. The zero-order valence-electron chi connectivity index (χ0n) is 26.1. The number of rotatable bonds is 4. The standard InChI is InChI=1S/C33H43N5O6/c1-19(2)29-31(41)36-22(5)32(42)38-15-7-10-28(37-38)30(40)35-21(4)24-13-14-25-18-34-27(17-26(25)16-24)9-6-8-23(33(43)44-29)12-11-20(3)39/h6,9,13-14,16-19,21-23,28-29,37H,7-8,10-12,15H2,1-5H3,(H,35,40)(H,36,41)/b9-6+/t21-,22+,23+,28+,29+/m1/s1. The number of fused-ring (bicyclic) bond motifs is 4. The van der Waals surface area contributed by atoms with E-state index in [9.17, 15) is 24.0 Å². The van der Waals surface area contributed by atoms with Gasteiger partial charge in [0.25, 0.3) is 11.8 Å². The lowest BCUT2D eigenvalue weighted by Crippen LogP contribution is -2.61. The molecule has 3 N–H and O–H groups in total. The molecule has 2 aliphatic rings. The van der Waals surface area contributed by atoms with Crippen molar-refractivity contribution in [2.24, 2.45) is 11.8 Å². The molecule has 0 unspecified atom stereocenters. The highest BCUT2D eigenvalue weighted by Gasteiger charge is 2.34. The van der Waals surface area contributed by atoms with Crippen LogP contribution in [0.1, 0.15) is 84.0 Å². The van der Waals surface area contributed by atoms with E-state index in [0.717, 1.165) is 16.3 Å². The zero-order valence-corrected chi connectivity index (χ0v) is 26.1. The third-order valence-corrected chi connectivity index (χ3v) is 8.12. The maximum Gasteiger partial charge on any atom is 0.310 e. The van der Waals surface area contributed by atoms with Crippen LogP contribution in [0.15, 0.2) is 36.5 Å². The van der Waals surface area contributed by atoms with Crippen molar-refractivity contribution in [2.45, 2.75) is 91.0 Å². The van der Waals surface area contributed by atoms with Crippen LogP contribution >= 0.6 is 0 Å². The molecule has 11 heteroatoms. The molecule has 3 amide bonds. The average molecular weight is 606 g/mol. The first-order chi connectivity index (χ1) is 20.9. The topological polar surface area (TPSA) is 147 Å². The summed E-state index contributed by atoms with van der Waals surface area (Å²) in [6.07, 6.45) is 6.21. The van der Waals surface area contributed by atoms with Gasteiger partial charge < -0.3 is 20.2 Å². The first kappa shape index (κ1) is 32.8. The molecular formula is C33H43N5O6. The molecule has 0 radical (unpaired) electrons. The quantitative estimate of drug-likeness (QED) is 0.450. The molecule has 0 spiro atoms. The number of allylic oxidation sites excluding steroid dienone is 1. The molecule has 1 aromatic heterocycles. The van der Waals surface area contributed by atoms with Gasteiger partial charge in [-0.15, -0.1) is 0 Å². The fourth-order valence-electron chi connectivity index (χ4n) is 5.44. The molecule has 4 rings (SSSR count). The molecule has 5 bridgehead atoms. The second-order valence-electron chi connectivity index (χ2n) is 12.2. The minimum atomic E-state index is -1.13. The Hall–Kier alpha value is -4.12. The number of carbonyl (C=O) groups excluding carboxylic acids is 5. The number of nitrogens with zero attached hydrogens (tertiary/aromatic N) is 2. The highest BCUT2D eigenvalue weighted by molar-refractivity contribution is 5.91. The summed E-state index contributed by atoms with van der Waals surface area (Å²) in [6.45, 7) is 8.84. The molecule has 2 aliphatic heterocycles. The van der Waals surface area contributed by atoms with Gasteiger partial charge in [-0.3, -0.25) is 29.2 Å². The van der Waals surface area contributed by atoms with Gasteiger partial charge in [0, 0.05) is 24.5 Å². The lowest BCUT2D eigenvalue weighted by molar-refractivity contribution is -0.163. The van der Waals surface area contributed by atoms with Gasteiger partial charge in [0.2, 0.25) is 5.91 Å². The van der Waals surface area contributed by atoms with Crippen LogP contribution in [0.3, 0.4) is 0 Å². The summed E-state index contributed by atoms with van der Waals surface area (Å²) < 4.78 is 5.73. The first-order valence-electron chi connectivity index (χ1n) is 15.4. The fraction of sp³-hybridized carbons (Fsp3) is 0.515. The van der Waals surface area contributed by atoms with E-state index in [1.807, 2.05) is 43.3 Å². The number of nitrogens with one attached hydrogen (secondary N) is 3. The Kier molecular flexibility index (Phi) is 10.9. The molecule has 0 aliphatic carbocycles. The van der Waals surface area contributed by atoms with Crippen molar-refractivity contribution < 1.29 is 28.7 Å². The van der Waals surface area contributed by atoms with Gasteiger partial charge in [0.05, 0.1) is 17.7 Å². The van der Waals surface area contributed by atoms with Gasteiger partial charge in [-0.25, -0.2) is 5.43 Å². The molecule has 2 aromatic rings. The van der Waals surface area contributed by atoms with E-state index in [1.165, 1.54) is 11.9 Å². The third-order valence-electron chi connectivity index (χ3n) is 8.12.